The first-order valence-electron chi connectivity index (χ1n) is 7.98. The summed E-state index contributed by atoms with van der Waals surface area (Å²) in [4.78, 5) is 8.92. The largest absolute Gasteiger partial charge is 0.481 e. The highest BCUT2D eigenvalue weighted by Gasteiger charge is 2.02. The van der Waals surface area contributed by atoms with Gasteiger partial charge in [0, 0.05) is 24.2 Å². The van der Waals surface area contributed by atoms with E-state index in [0.29, 0.717) is 12.4 Å². The van der Waals surface area contributed by atoms with Crippen LogP contribution in [-0.4, -0.2) is 31.1 Å². The first-order valence-corrected chi connectivity index (χ1v) is 8.36. The third-order valence-electron chi connectivity index (χ3n) is 3.38. The molecule has 2 N–H and O–H groups in total. The second-order valence-electron chi connectivity index (χ2n) is 5.13. The molecule has 0 saturated carbocycles. The number of nitrogens with zero attached hydrogens (tertiary/aromatic N) is 2. The van der Waals surface area contributed by atoms with Gasteiger partial charge in [-0.15, -0.1) is 0 Å². The van der Waals surface area contributed by atoms with E-state index in [1.165, 1.54) is 0 Å². The van der Waals surface area contributed by atoms with Crippen LogP contribution in [0.15, 0.2) is 47.5 Å². The van der Waals surface area contributed by atoms with Crippen LogP contribution in [0.4, 0.5) is 0 Å². The van der Waals surface area contributed by atoms with E-state index < -0.39 is 0 Å². The number of halogens is 1. The van der Waals surface area contributed by atoms with Gasteiger partial charge in [-0.3, -0.25) is 0 Å². The number of rotatable bonds is 7. The molecule has 0 unspecified atom stereocenters. The molecular formula is C18H23ClN4O. The Morgan fingerprint density at radius 2 is 2.00 bits per heavy atom. The molecule has 0 aliphatic carbocycles. The van der Waals surface area contributed by atoms with Crippen LogP contribution in [0.2, 0.25) is 5.02 Å². The predicted octanol–water partition coefficient (Wildman–Crippen LogP) is 3.04. The van der Waals surface area contributed by atoms with Gasteiger partial charge in [0.2, 0.25) is 5.88 Å². The van der Waals surface area contributed by atoms with Crippen molar-refractivity contribution in [3.63, 3.8) is 0 Å². The molecule has 24 heavy (non-hydrogen) atoms. The second kappa shape index (κ2) is 9.78. The van der Waals surface area contributed by atoms with Crippen LogP contribution in [0.5, 0.6) is 5.88 Å². The van der Waals surface area contributed by atoms with Crippen molar-refractivity contribution in [1.82, 2.24) is 15.6 Å². The summed E-state index contributed by atoms with van der Waals surface area (Å²) in [6, 6.07) is 13.5. The van der Waals surface area contributed by atoms with E-state index in [2.05, 4.69) is 20.6 Å². The Morgan fingerprint density at radius 3 is 2.75 bits per heavy atom. The van der Waals surface area contributed by atoms with Crippen LogP contribution in [0.3, 0.4) is 0 Å². The Labute approximate surface area is 148 Å². The lowest BCUT2D eigenvalue weighted by Gasteiger charge is -2.12. The standard InChI is InChI=1S/C18H23ClN4O/c1-3-20-18(21-12-11-14-7-4-5-9-16(14)19)22-13-15-8-6-10-17(23-15)24-2/h4-10H,3,11-13H2,1-2H3,(H2,20,21,22). The summed E-state index contributed by atoms with van der Waals surface area (Å²) in [5, 5.41) is 7.34. The van der Waals surface area contributed by atoms with Crippen molar-refractivity contribution >= 4 is 17.6 Å². The summed E-state index contributed by atoms with van der Waals surface area (Å²) in [5.74, 6) is 1.36. The number of nitrogens with one attached hydrogen (secondary N) is 2. The number of pyridine rings is 1. The third kappa shape index (κ3) is 5.74. The molecule has 0 atom stereocenters. The molecule has 5 nitrogen and oxygen atoms in total. The van der Waals surface area contributed by atoms with Crippen LogP contribution < -0.4 is 15.4 Å². The molecule has 0 bridgehead atoms. The molecule has 0 fully saturated rings. The quantitative estimate of drug-likeness (QED) is 0.597. The Morgan fingerprint density at radius 1 is 1.17 bits per heavy atom. The zero-order valence-electron chi connectivity index (χ0n) is 14.1. The molecule has 2 rings (SSSR count). The maximum atomic E-state index is 6.18. The van der Waals surface area contributed by atoms with Crippen molar-refractivity contribution in [2.24, 2.45) is 4.99 Å². The highest BCUT2D eigenvalue weighted by atomic mass is 35.5. The Kier molecular flexibility index (Phi) is 7.36. The highest BCUT2D eigenvalue weighted by molar-refractivity contribution is 6.31. The van der Waals surface area contributed by atoms with Crippen molar-refractivity contribution < 1.29 is 4.74 Å². The third-order valence-corrected chi connectivity index (χ3v) is 3.75. The number of aliphatic imine (C=N–C) groups is 1. The van der Waals surface area contributed by atoms with Gasteiger partial charge in [0.15, 0.2) is 5.96 Å². The fourth-order valence-electron chi connectivity index (χ4n) is 2.18. The number of methoxy groups -OCH3 is 1. The molecule has 0 amide bonds. The minimum Gasteiger partial charge on any atom is -0.481 e. The molecule has 1 aromatic carbocycles. The molecule has 2 aromatic rings. The molecule has 0 aliphatic rings. The number of guanidine groups is 1. The van der Waals surface area contributed by atoms with Gasteiger partial charge in [-0.05, 0) is 31.0 Å². The van der Waals surface area contributed by atoms with E-state index in [9.17, 15) is 0 Å². The number of aromatic nitrogens is 1. The van der Waals surface area contributed by atoms with Gasteiger partial charge in [0.25, 0.3) is 0 Å². The average molecular weight is 347 g/mol. The molecule has 0 spiro atoms. The summed E-state index contributed by atoms with van der Waals surface area (Å²) in [5.41, 5.74) is 1.98. The van der Waals surface area contributed by atoms with Gasteiger partial charge in [0.1, 0.15) is 0 Å². The zero-order valence-corrected chi connectivity index (χ0v) is 14.8. The minimum atomic E-state index is 0.485. The fourth-order valence-corrected chi connectivity index (χ4v) is 2.41. The van der Waals surface area contributed by atoms with E-state index in [1.54, 1.807) is 7.11 Å². The van der Waals surface area contributed by atoms with Crippen LogP contribution >= 0.6 is 11.6 Å². The molecule has 1 heterocycles. The summed E-state index contributed by atoms with van der Waals surface area (Å²) < 4.78 is 5.13. The molecule has 6 heteroatoms. The summed E-state index contributed by atoms with van der Waals surface area (Å²) in [6.07, 6.45) is 0.835. The minimum absolute atomic E-state index is 0.485. The van der Waals surface area contributed by atoms with Crippen LogP contribution in [0.1, 0.15) is 18.2 Å². The van der Waals surface area contributed by atoms with Crippen molar-refractivity contribution in [3.05, 3.63) is 58.7 Å². The van der Waals surface area contributed by atoms with E-state index in [4.69, 9.17) is 16.3 Å². The van der Waals surface area contributed by atoms with E-state index in [1.807, 2.05) is 49.4 Å². The van der Waals surface area contributed by atoms with Gasteiger partial charge in [-0.1, -0.05) is 35.9 Å². The maximum Gasteiger partial charge on any atom is 0.213 e. The van der Waals surface area contributed by atoms with Gasteiger partial charge >= 0.3 is 0 Å². The molecular weight excluding hydrogens is 324 g/mol. The Bertz CT molecular complexity index is 676. The number of ether oxygens (including phenoxy) is 1. The van der Waals surface area contributed by atoms with Gasteiger partial charge in [-0.25, -0.2) is 9.98 Å². The topological polar surface area (TPSA) is 58.5 Å². The van der Waals surface area contributed by atoms with Gasteiger partial charge in [-0.2, -0.15) is 0 Å². The van der Waals surface area contributed by atoms with Gasteiger partial charge in [0.05, 0.1) is 19.3 Å². The lowest BCUT2D eigenvalue weighted by Crippen LogP contribution is -2.38. The fraction of sp³-hybridized carbons (Fsp3) is 0.333. The van der Waals surface area contributed by atoms with E-state index in [-0.39, 0.29) is 0 Å². The normalized spacial score (nSPS) is 11.2. The van der Waals surface area contributed by atoms with E-state index >= 15 is 0 Å². The Balaban J connectivity index is 1.91. The van der Waals surface area contributed by atoms with Crippen molar-refractivity contribution in [2.75, 3.05) is 20.2 Å². The lowest BCUT2D eigenvalue weighted by atomic mass is 10.1. The summed E-state index contributed by atoms with van der Waals surface area (Å²) >= 11 is 6.18. The highest BCUT2D eigenvalue weighted by Crippen LogP contribution is 2.14. The summed E-state index contributed by atoms with van der Waals surface area (Å²) in [7, 11) is 1.61. The van der Waals surface area contributed by atoms with Crippen molar-refractivity contribution in [3.8, 4) is 5.88 Å². The van der Waals surface area contributed by atoms with Gasteiger partial charge < -0.3 is 15.4 Å². The van der Waals surface area contributed by atoms with Crippen molar-refractivity contribution in [2.45, 2.75) is 19.9 Å². The first kappa shape index (κ1) is 18.1. The SMILES string of the molecule is CCNC(=NCc1cccc(OC)n1)NCCc1ccccc1Cl. The first-order chi connectivity index (χ1) is 11.7. The molecule has 0 saturated heterocycles. The Hall–Kier alpha value is -2.27. The van der Waals surface area contributed by atoms with Crippen LogP contribution in [0, 0.1) is 0 Å². The molecule has 128 valence electrons. The second-order valence-corrected chi connectivity index (χ2v) is 5.54. The van der Waals surface area contributed by atoms with E-state index in [0.717, 1.165) is 41.7 Å². The van der Waals surface area contributed by atoms with Crippen LogP contribution in [-0.2, 0) is 13.0 Å². The lowest BCUT2D eigenvalue weighted by molar-refractivity contribution is 0.396. The maximum absolute atomic E-state index is 6.18. The average Bonchev–Trinajstić information content (AvgIpc) is 2.61. The number of hydrogen-bond donors (Lipinski definition) is 2. The monoisotopic (exact) mass is 346 g/mol. The molecule has 0 aliphatic heterocycles. The molecule has 1 aromatic heterocycles. The van der Waals surface area contributed by atoms with Crippen LogP contribution in [0.25, 0.3) is 0 Å². The molecule has 0 radical (unpaired) electrons. The summed E-state index contributed by atoms with van der Waals surface area (Å²) in [6.45, 7) is 4.07. The van der Waals surface area contributed by atoms with Crippen molar-refractivity contribution in [1.29, 1.82) is 0 Å². The predicted molar refractivity (Wildman–Crippen MR) is 98.8 cm³/mol. The number of benzene rings is 1. The zero-order chi connectivity index (χ0) is 17.2. The number of hydrogen-bond acceptors (Lipinski definition) is 3. The smallest absolute Gasteiger partial charge is 0.213 e.